The van der Waals surface area contributed by atoms with Crippen LogP contribution >= 0.6 is 0 Å². The monoisotopic (exact) mass is 251 g/mol. The van der Waals surface area contributed by atoms with Gasteiger partial charge in [-0.25, -0.2) is 9.18 Å². The van der Waals surface area contributed by atoms with E-state index < -0.39 is 11.4 Å². The molecule has 5 heteroatoms. The number of halogens is 1. The third-order valence-electron chi connectivity index (χ3n) is 3.41. The topological polar surface area (TPSA) is 47.9 Å². The maximum absolute atomic E-state index is 13.9. The lowest BCUT2D eigenvalue weighted by molar-refractivity contribution is 0.252. The molecule has 0 atom stereocenters. The van der Waals surface area contributed by atoms with E-state index in [1.807, 2.05) is 0 Å². The van der Waals surface area contributed by atoms with Crippen LogP contribution in [0.1, 0.15) is 24.8 Å². The fraction of sp³-hybridized carbons (Fsp3) is 0.462. The first-order chi connectivity index (χ1) is 8.66. The summed E-state index contributed by atoms with van der Waals surface area (Å²) in [6, 6.07) is 3.02. The highest BCUT2D eigenvalue weighted by Gasteiger charge is 2.40. The Hall–Kier alpha value is -1.87. The zero-order valence-electron chi connectivity index (χ0n) is 10.3. The molecule has 96 valence electrons. The molecule has 1 saturated carbocycles. The fourth-order valence-corrected chi connectivity index (χ4v) is 2.25. The van der Waals surface area contributed by atoms with E-state index in [0.29, 0.717) is 11.3 Å². The predicted octanol–water partition coefficient (Wildman–Crippen LogP) is 2.56. The Kier molecular flexibility index (Phi) is 3.34. The minimum atomic E-state index is -0.637. The highest BCUT2D eigenvalue weighted by atomic mass is 19.1. The van der Waals surface area contributed by atoms with Crippen LogP contribution in [0.4, 0.5) is 4.39 Å². The molecule has 4 nitrogen and oxygen atoms in total. The summed E-state index contributed by atoms with van der Waals surface area (Å²) in [7, 11) is 2.82. The molecule has 0 unspecified atom stereocenters. The average Bonchev–Trinajstić information content (AvgIpc) is 2.32. The van der Waals surface area contributed by atoms with Crippen LogP contribution in [-0.4, -0.2) is 20.3 Å². The van der Waals surface area contributed by atoms with Crippen LogP contribution in [0.15, 0.2) is 17.1 Å². The minimum absolute atomic E-state index is 0.0609. The van der Waals surface area contributed by atoms with Crippen molar-refractivity contribution in [2.24, 2.45) is 4.99 Å². The quantitative estimate of drug-likeness (QED) is 0.610. The maximum atomic E-state index is 13.9. The van der Waals surface area contributed by atoms with Crippen molar-refractivity contribution in [3.8, 4) is 11.5 Å². The second-order valence-electron chi connectivity index (χ2n) is 4.28. The first-order valence-corrected chi connectivity index (χ1v) is 5.68. The first-order valence-electron chi connectivity index (χ1n) is 5.68. The molecule has 1 fully saturated rings. The largest absolute Gasteiger partial charge is 0.493 e. The minimum Gasteiger partial charge on any atom is -0.493 e. The van der Waals surface area contributed by atoms with Crippen molar-refractivity contribution < 1.29 is 18.7 Å². The van der Waals surface area contributed by atoms with E-state index in [4.69, 9.17) is 9.47 Å². The lowest BCUT2D eigenvalue weighted by Gasteiger charge is -2.37. The van der Waals surface area contributed by atoms with E-state index in [0.717, 1.165) is 19.3 Å². The van der Waals surface area contributed by atoms with Gasteiger partial charge < -0.3 is 9.47 Å². The second kappa shape index (κ2) is 4.78. The highest BCUT2D eigenvalue weighted by Crippen LogP contribution is 2.47. The van der Waals surface area contributed by atoms with Gasteiger partial charge in [-0.05, 0) is 37.0 Å². The van der Waals surface area contributed by atoms with E-state index in [9.17, 15) is 9.18 Å². The van der Waals surface area contributed by atoms with Gasteiger partial charge in [0.2, 0.25) is 6.08 Å². The number of methoxy groups -OCH3 is 2. The van der Waals surface area contributed by atoms with Gasteiger partial charge in [-0.15, -0.1) is 0 Å². The Labute approximate surface area is 104 Å². The third-order valence-corrected chi connectivity index (χ3v) is 3.41. The molecule has 0 bridgehead atoms. The van der Waals surface area contributed by atoms with Crippen molar-refractivity contribution in [1.82, 2.24) is 0 Å². The molecule has 1 aliphatic rings. The van der Waals surface area contributed by atoms with Gasteiger partial charge >= 0.3 is 0 Å². The van der Waals surface area contributed by atoms with Gasteiger partial charge in [-0.2, -0.15) is 4.99 Å². The first kappa shape index (κ1) is 12.6. The van der Waals surface area contributed by atoms with Crippen molar-refractivity contribution in [2.75, 3.05) is 14.2 Å². The molecule has 1 aromatic carbocycles. The van der Waals surface area contributed by atoms with E-state index in [2.05, 4.69) is 4.99 Å². The lowest BCUT2D eigenvalue weighted by atomic mass is 9.72. The molecule has 0 heterocycles. The average molecular weight is 251 g/mol. The molecule has 0 N–H and O–H groups in total. The van der Waals surface area contributed by atoms with Gasteiger partial charge in [0.25, 0.3) is 0 Å². The molecule has 0 aromatic heterocycles. The number of aliphatic imine (C=N–C) groups is 1. The Balaban J connectivity index is 2.52. The van der Waals surface area contributed by atoms with Crippen molar-refractivity contribution in [2.45, 2.75) is 24.8 Å². The summed E-state index contributed by atoms with van der Waals surface area (Å²) in [5.74, 6) is -0.148. The maximum Gasteiger partial charge on any atom is 0.235 e. The lowest BCUT2D eigenvalue weighted by Crippen LogP contribution is -2.32. The standard InChI is InChI=1S/C13H14FNO3/c1-17-11-7-9(6-10(14)12(11)18-2)13(15-8-16)4-3-5-13/h6-7H,3-5H2,1-2H3. The van der Waals surface area contributed by atoms with Crippen molar-refractivity contribution in [3.05, 3.63) is 23.5 Å². The zero-order chi connectivity index (χ0) is 13.2. The summed E-state index contributed by atoms with van der Waals surface area (Å²) in [5.41, 5.74) is -0.00505. The Morgan fingerprint density at radius 3 is 2.50 bits per heavy atom. The molecule has 0 saturated heterocycles. The van der Waals surface area contributed by atoms with Crippen LogP contribution in [0.5, 0.6) is 11.5 Å². The van der Waals surface area contributed by atoms with E-state index in [-0.39, 0.29) is 5.75 Å². The smallest absolute Gasteiger partial charge is 0.235 e. The molecule has 0 radical (unpaired) electrons. The van der Waals surface area contributed by atoms with Gasteiger partial charge in [0.05, 0.1) is 19.8 Å². The van der Waals surface area contributed by atoms with E-state index in [1.54, 1.807) is 12.1 Å². The SMILES string of the molecule is COc1cc(C2(N=C=O)CCC2)cc(F)c1OC. The molecule has 18 heavy (non-hydrogen) atoms. The highest BCUT2D eigenvalue weighted by molar-refractivity contribution is 5.48. The van der Waals surface area contributed by atoms with Gasteiger partial charge in [0.1, 0.15) is 0 Å². The molecular weight excluding hydrogens is 237 g/mol. The number of hydrogen-bond acceptors (Lipinski definition) is 4. The molecule has 0 spiro atoms. The van der Waals surface area contributed by atoms with Crippen LogP contribution in [0.25, 0.3) is 0 Å². The number of benzene rings is 1. The summed E-state index contributed by atoms with van der Waals surface area (Å²) >= 11 is 0. The number of carbonyl (C=O) groups excluding carboxylic acids is 1. The van der Waals surface area contributed by atoms with Crippen molar-refractivity contribution in [1.29, 1.82) is 0 Å². The van der Waals surface area contributed by atoms with Gasteiger partial charge in [-0.3, -0.25) is 0 Å². The summed E-state index contributed by atoms with van der Waals surface area (Å²) in [6.07, 6.45) is 3.97. The summed E-state index contributed by atoms with van der Waals surface area (Å²) in [6.45, 7) is 0. The van der Waals surface area contributed by atoms with Crippen LogP contribution in [-0.2, 0) is 10.3 Å². The van der Waals surface area contributed by atoms with Crippen molar-refractivity contribution in [3.63, 3.8) is 0 Å². The normalized spacial score (nSPS) is 16.4. The Bertz CT molecular complexity index is 505. The van der Waals surface area contributed by atoms with Gasteiger partial charge in [0.15, 0.2) is 17.3 Å². The number of rotatable bonds is 4. The molecule has 1 aromatic rings. The predicted molar refractivity (Wildman–Crippen MR) is 63.2 cm³/mol. The van der Waals surface area contributed by atoms with Crippen LogP contribution in [0.3, 0.4) is 0 Å². The van der Waals surface area contributed by atoms with Gasteiger partial charge in [-0.1, -0.05) is 0 Å². The molecular formula is C13H14FNO3. The fourth-order valence-electron chi connectivity index (χ4n) is 2.25. The number of hydrogen-bond donors (Lipinski definition) is 0. The van der Waals surface area contributed by atoms with E-state index >= 15 is 0 Å². The molecule has 1 aliphatic carbocycles. The van der Waals surface area contributed by atoms with Crippen LogP contribution < -0.4 is 9.47 Å². The van der Waals surface area contributed by atoms with Gasteiger partial charge in [0, 0.05) is 0 Å². The number of nitrogens with zero attached hydrogens (tertiary/aromatic N) is 1. The Morgan fingerprint density at radius 1 is 1.33 bits per heavy atom. The van der Waals surface area contributed by atoms with Crippen molar-refractivity contribution >= 4 is 6.08 Å². The summed E-state index contributed by atoms with van der Waals surface area (Å²) in [5, 5.41) is 0. The van der Waals surface area contributed by atoms with Crippen LogP contribution in [0, 0.1) is 5.82 Å². The third kappa shape index (κ3) is 1.87. The number of ether oxygens (including phenoxy) is 2. The zero-order valence-corrected chi connectivity index (χ0v) is 10.3. The summed E-state index contributed by atoms with van der Waals surface area (Å²) < 4.78 is 23.9. The van der Waals surface area contributed by atoms with Crippen LogP contribution in [0.2, 0.25) is 0 Å². The Morgan fingerprint density at radius 2 is 2.06 bits per heavy atom. The summed E-state index contributed by atoms with van der Waals surface area (Å²) in [4.78, 5) is 14.3. The molecule has 0 aliphatic heterocycles. The number of isocyanates is 1. The molecule has 2 rings (SSSR count). The van der Waals surface area contributed by atoms with E-state index in [1.165, 1.54) is 20.3 Å². The second-order valence-corrected chi connectivity index (χ2v) is 4.28. The molecule has 0 amide bonds.